The van der Waals surface area contributed by atoms with Gasteiger partial charge in [-0.25, -0.2) is 0 Å². The zero-order valence-electron chi connectivity index (χ0n) is 12.4. The highest BCUT2D eigenvalue weighted by Gasteiger charge is 2.13. The first-order valence-electron chi connectivity index (χ1n) is 6.97. The molecule has 4 heteroatoms. The Morgan fingerprint density at radius 1 is 1.10 bits per heavy atom. The van der Waals surface area contributed by atoms with Crippen LogP contribution in [-0.2, 0) is 6.54 Å². The highest BCUT2D eigenvalue weighted by molar-refractivity contribution is 6.32. The van der Waals surface area contributed by atoms with E-state index in [0.717, 1.165) is 12.1 Å². The average molecular weight is 305 g/mol. The molecule has 0 heterocycles. The molecule has 3 nitrogen and oxygen atoms in total. The Morgan fingerprint density at radius 2 is 1.81 bits per heavy atom. The van der Waals surface area contributed by atoms with Crippen molar-refractivity contribution in [3.05, 3.63) is 64.7 Å². The van der Waals surface area contributed by atoms with Crippen molar-refractivity contribution in [1.82, 2.24) is 10.2 Å². The van der Waals surface area contributed by atoms with Gasteiger partial charge in [-0.05, 0) is 25.7 Å². The minimum atomic E-state index is 0.156. The quantitative estimate of drug-likeness (QED) is 0.858. The van der Waals surface area contributed by atoms with Gasteiger partial charge in [0, 0.05) is 24.7 Å². The number of para-hydroxylation sites is 1. The lowest BCUT2D eigenvalue weighted by molar-refractivity contribution is 0.339. The third kappa shape index (κ3) is 4.46. The monoisotopic (exact) mass is 304 g/mol. The zero-order valence-corrected chi connectivity index (χ0v) is 13.1. The Kier molecular flexibility index (Phi) is 5.62. The molecule has 0 spiro atoms. The summed E-state index contributed by atoms with van der Waals surface area (Å²) in [7, 11) is 4.10. The minimum absolute atomic E-state index is 0.156. The molecular formula is C17H21ClN2O. The molecule has 0 fully saturated rings. The van der Waals surface area contributed by atoms with Gasteiger partial charge in [0.05, 0.1) is 5.02 Å². The highest BCUT2D eigenvalue weighted by Crippen LogP contribution is 2.27. The first kappa shape index (κ1) is 15.8. The standard InChI is InChI=1S/C17H21ClN2O/c1-20(2)12-16(13-7-4-3-5-8-13)19-11-14-9-6-10-15(18)17(14)21/h3-10,16,19,21H,11-12H2,1-2H3. The molecule has 1 unspecified atom stereocenters. The van der Waals surface area contributed by atoms with E-state index in [0.29, 0.717) is 11.6 Å². The number of aromatic hydroxyl groups is 1. The molecule has 2 aromatic rings. The lowest BCUT2D eigenvalue weighted by Gasteiger charge is -2.23. The Hall–Kier alpha value is -1.55. The maximum Gasteiger partial charge on any atom is 0.138 e. The van der Waals surface area contributed by atoms with Crippen molar-refractivity contribution in [3.8, 4) is 5.75 Å². The number of rotatable bonds is 6. The van der Waals surface area contributed by atoms with Crippen LogP contribution in [0.1, 0.15) is 17.2 Å². The summed E-state index contributed by atoms with van der Waals surface area (Å²) in [6.07, 6.45) is 0. The fourth-order valence-electron chi connectivity index (χ4n) is 2.27. The van der Waals surface area contributed by atoms with Gasteiger partial charge in [-0.15, -0.1) is 0 Å². The third-order valence-electron chi connectivity index (χ3n) is 3.36. The molecule has 112 valence electrons. The third-order valence-corrected chi connectivity index (χ3v) is 3.66. The van der Waals surface area contributed by atoms with E-state index in [1.54, 1.807) is 6.07 Å². The van der Waals surface area contributed by atoms with Crippen LogP contribution in [0, 0.1) is 0 Å². The minimum Gasteiger partial charge on any atom is -0.506 e. The molecule has 1 atom stereocenters. The van der Waals surface area contributed by atoms with Gasteiger partial charge in [0.25, 0.3) is 0 Å². The lowest BCUT2D eigenvalue weighted by atomic mass is 10.1. The van der Waals surface area contributed by atoms with E-state index in [9.17, 15) is 5.11 Å². The molecule has 2 aromatic carbocycles. The molecule has 0 saturated carbocycles. The summed E-state index contributed by atoms with van der Waals surface area (Å²) in [6.45, 7) is 1.45. The molecule has 0 aliphatic heterocycles. The molecule has 0 bridgehead atoms. The molecule has 0 radical (unpaired) electrons. The maximum absolute atomic E-state index is 9.98. The first-order valence-corrected chi connectivity index (χ1v) is 7.35. The van der Waals surface area contributed by atoms with Gasteiger partial charge in [-0.2, -0.15) is 0 Å². The number of phenolic OH excluding ortho intramolecular Hbond substituents is 1. The van der Waals surface area contributed by atoms with Crippen LogP contribution < -0.4 is 5.32 Å². The van der Waals surface area contributed by atoms with Crippen LogP contribution in [0.25, 0.3) is 0 Å². The van der Waals surface area contributed by atoms with Crippen LogP contribution in [0.4, 0.5) is 0 Å². The number of hydrogen-bond acceptors (Lipinski definition) is 3. The van der Waals surface area contributed by atoms with Gasteiger partial charge >= 0.3 is 0 Å². The summed E-state index contributed by atoms with van der Waals surface area (Å²) in [6, 6.07) is 15.9. The Morgan fingerprint density at radius 3 is 2.48 bits per heavy atom. The fraction of sp³-hybridized carbons (Fsp3) is 0.294. The van der Waals surface area contributed by atoms with Crippen molar-refractivity contribution in [1.29, 1.82) is 0 Å². The van der Waals surface area contributed by atoms with Crippen LogP contribution in [0.15, 0.2) is 48.5 Å². The van der Waals surface area contributed by atoms with Crippen molar-refractivity contribution < 1.29 is 5.11 Å². The van der Waals surface area contributed by atoms with Crippen molar-refractivity contribution in [3.63, 3.8) is 0 Å². The fourth-order valence-corrected chi connectivity index (χ4v) is 2.47. The van der Waals surface area contributed by atoms with Crippen LogP contribution in [0.5, 0.6) is 5.75 Å². The number of halogens is 1. The smallest absolute Gasteiger partial charge is 0.138 e. The van der Waals surface area contributed by atoms with Crippen LogP contribution in [0.3, 0.4) is 0 Å². The molecule has 0 aliphatic rings. The van der Waals surface area contributed by atoms with Gasteiger partial charge in [-0.1, -0.05) is 54.1 Å². The molecule has 0 amide bonds. The summed E-state index contributed by atoms with van der Waals surface area (Å²) in [4.78, 5) is 2.14. The van der Waals surface area contributed by atoms with Crippen LogP contribution in [0.2, 0.25) is 5.02 Å². The van der Waals surface area contributed by atoms with Gasteiger partial charge < -0.3 is 15.3 Å². The predicted molar refractivity (Wildman–Crippen MR) is 87.7 cm³/mol. The summed E-state index contributed by atoms with van der Waals surface area (Å²) >= 11 is 5.94. The molecule has 0 aliphatic carbocycles. The molecule has 2 rings (SSSR count). The number of hydrogen-bond donors (Lipinski definition) is 2. The topological polar surface area (TPSA) is 35.5 Å². The van der Waals surface area contributed by atoms with Gasteiger partial charge in [0.15, 0.2) is 0 Å². The second-order valence-corrected chi connectivity index (χ2v) is 5.76. The normalized spacial score (nSPS) is 12.6. The number of likely N-dealkylation sites (N-methyl/N-ethyl adjacent to an activating group) is 1. The Balaban J connectivity index is 2.11. The number of nitrogens with zero attached hydrogens (tertiary/aromatic N) is 1. The van der Waals surface area contributed by atoms with E-state index in [1.807, 2.05) is 30.3 Å². The van der Waals surface area contributed by atoms with Gasteiger partial charge in [0.2, 0.25) is 0 Å². The van der Waals surface area contributed by atoms with Crippen molar-refractivity contribution in [2.45, 2.75) is 12.6 Å². The van der Waals surface area contributed by atoms with Crippen LogP contribution in [-0.4, -0.2) is 30.6 Å². The summed E-state index contributed by atoms with van der Waals surface area (Å²) < 4.78 is 0. The maximum atomic E-state index is 9.98. The Bertz CT molecular complexity index is 572. The summed E-state index contributed by atoms with van der Waals surface area (Å²) in [5, 5.41) is 13.9. The summed E-state index contributed by atoms with van der Waals surface area (Å²) in [5.41, 5.74) is 2.04. The molecule has 0 saturated heterocycles. The molecule has 0 aromatic heterocycles. The number of benzene rings is 2. The first-order chi connectivity index (χ1) is 10.1. The number of phenols is 1. The van der Waals surface area contributed by atoms with E-state index in [-0.39, 0.29) is 11.8 Å². The van der Waals surface area contributed by atoms with Crippen molar-refractivity contribution in [2.75, 3.05) is 20.6 Å². The second-order valence-electron chi connectivity index (χ2n) is 5.35. The van der Waals surface area contributed by atoms with E-state index in [1.165, 1.54) is 5.56 Å². The molecule has 2 N–H and O–H groups in total. The highest BCUT2D eigenvalue weighted by atomic mass is 35.5. The van der Waals surface area contributed by atoms with E-state index >= 15 is 0 Å². The summed E-state index contributed by atoms with van der Waals surface area (Å²) in [5.74, 6) is 0.156. The largest absolute Gasteiger partial charge is 0.506 e. The van der Waals surface area contributed by atoms with E-state index < -0.39 is 0 Å². The molecule has 21 heavy (non-hydrogen) atoms. The van der Waals surface area contributed by atoms with Gasteiger partial charge in [0.1, 0.15) is 5.75 Å². The second kappa shape index (κ2) is 7.46. The van der Waals surface area contributed by atoms with Crippen LogP contribution >= 0.6 is 11.6 Å². The lowest BCUT2D eigenvalue weighted by Crippen LogP contribution is -2.30. The Labute approximate surface area is 131 Å². The van der Waals surface area contributed by atoms with E-state index in [2.05, 4.69) is 36.4 Å². The van der Waals surface area contributed by atoms with Crippen molar-refractivity contribution >= 4 is 11.6 Å². The zero-order chi connectivity index (χ0) is 15.2. The van der Waals surface area contributed by atoms with E-state index in [4.69, 9.17) is 11.6 Å². The number of nitrogens with one attached hydrogen (secondary N) is 1. The molecular weight excluding hydrogens is 284 g/mol. The average Bonchev–Trinajstić information content (AvgIpc) is 2.48. The van der Waals surface area contributed by atoms with Crippen molar-refractivity contribution in [2.24, 2.45) is 0 Å². The SMILES string of the molecule is CN(C)CC(NCc1cccc(Cl)c1O)c1ccccc1. The predicted octanol–water partition coefficient (Wildman–Crippen LogP) is 3.44. The van der Waals surface area contributed by atoms with Gasteiger partial charge in [-0.3, -0.25) is 0 Å².